The predicted octanol–water partition coefficient (Wildman–Crippen LogP) is 1.96. The van der Waals surface area contributed by atoms with Crippen LogP contribution in [0, 0.1) is 0 Å². The summed E-state index contributed by atoms with van der Waals surface area (Å²) in [6.45, 7) is 0.600. The summed E-state index contributed by atoms with van der Waals surface area (Å²) < 4.78 is 11.6. The topological polar surface area (TPSA) is 121 Å². The van der Waals surface area contributed by atoms with Crippen molar-refractivity contribution in [1.29, 1.82) is 0 Å². The van der Waals surface area contributed by atoms with Crippen LogP contribution in [0.1, 0.15) is 22.9 Å². The van der Waals surface area contributed by atoms with Gasteiger partial charge in [-0.2, -0.15) is 0 Å². The number of rotatable bonds is 4. The molecule has 0 saturated heterocycles. The zero-order valence-electron chi connectivity index (χ0n) is 17.6. The maximum absolute atomic E-state index is 12.8. The third-order valence-electron chi connectivity index (χ3n) is 5.90. The SMILES string of the molecule is COc1ccc(-n2c(O)c([C@H]3NCCc4c3[nH]c3ccc(OC)cc43)c(=O)[nH]c2=O)cc1. The molecule has 0 bridgehead atoms. The van der Waals surface area contributed by atoms with Gasteiger partial charge in [-0.25, -0.2) is 9.36 Å². The number of aromatic nitrogens is 3. The quantitative estimate of drug-likeness (QED) is 0.390. The first kappa shape index (κ1) is 20.0. The van der Waals surface area contributed by atoms with Gasteiger partial charge in [-0.15, -0.1) is 0 Å². The third kappa shape index (κ3) is 3.05. The van der Waals surface area contributed by atoms with E-state index in [4.69, 9.17) is 9.47 Å². The minimum absolute atomic E-state index is 0.0693. The van der Waals surface area contributed by atoms with Crippen LogP contribution in [0.15, 0.2) is 52.1 Å². The molecule has 3 heterocycles. The average Bonchev–Trinajstić information content (AvgIpc) is 3.18. The number of methoxy groups -OCH3 is 2. The van der Waals surface area contributed by atoms with Gasteiger partial charge in [0.15, 0.2) is 0 Å². The van der Waals surface area contributed by atoms with Gasteiger partial charge in [0.2, 0.25) is 5.88 Å². The highest BCUT2D eigenvalue weighted by molar-refractivity contribution is 5.86. The summed E-state index contributed by atoms with van der Waals surface area (Å²) in [4.78, 5) is 31.1. The van der Waals surface area contributed by atoms with Gasteiger partial charge in [0.25, 0.3) is 5.56 Å². The van der Waals surface area contributed by atoms with Gasteiger partial charge in [0, 0.05) is 23.1 Å². The van der Waals surface area contributed by atoms with Crippen LogP contribution in [-0.2, 0) is 6.42 Å². The minimum Gasteiger partial charge on any atom is -0.497 e. The summed E-state index contributed by atoms with van der Waals surface area (Å²) in [6, 6.07) is 11.7. The molecule has 4 aromatic rings. The van der Waals surface area contributed by atoms with Crippen LogP contribution < -0.4 is 26.0 Å². The van der Waals surface area contributed by atoms with Crippen LogP contribution in [0.3, 0.4) is 0 Å². The van der Waals surface area contributed by atoms with Crippen molar-refractivity contribution in [3.8, 4) is 23.1 Å². The number of ether oxygens (including phenoxy) is 2. The lowest BCUT2D eigenvalue weighted by molar-refractivity contribution is 0.408. The number of aromatic amines is 2. The van der Waals surface area contributed by atoms with Crippen LogP contribution in [-0.4, -0.2) is 40.4 Å². The highest BCUT2D eigenvalue weighted by atomic mass is 16.5. The Kier molecular flexibility index (Phi) is 4.75. The minimum atomic E-state index is -0.723. The van der Waals surface area contributed by atoms with E-state index in [0.29, 0.717) is 18.0 Å². The van der Waals surface area contributed by atoms with Gasteiger partial charge in [-0.3, -0.25) is 9.78 Å². The van der Waals surface area contributed by atoms with Crippen molar-refractivity contribution in [2.45, 2.75) is 12.5 Å². The molecular formula is C23H22N4O5. The third-order valence-corrected chi connectivity index (χ3v) is 5.90. The number of nitrogens with zero attached hydrogens (tertiary/aromatic N) is 1. The van der Waals surface area contributed by atoms with Crippen molar-refractivity contribution in [3.05, 3.63) is 80.1 Å². The molecule has 0 fully saturated rings. The lowest BCUT2D eigenvalue weighted by Gasteiger charge is -2.25. The fraction of sp³-hybridized carbons (Fsp3) is 0.217. The van der Waals surface area contributed by atoms with E-state index in [-0.39, 0.29) is 5.56 Å². The fourth-order valence-electron chi connectivity index (χ4n) is 4.35. The number of hydrogen-bond acceptors (Lipinski definition) is 6. The molecule has 0 radical (unpaired) electrons. The Morgan fingerprint density at radius 1 is 1.00 bits per heavy atom. The summed E-state index contributed by atoms with van der Waals surface area (Å²) >= 11 is 0. The van der Waals surface area contributed by atoms with Crippen LogP contribution in [0.2, 0.25) is 0 Å². The van der Waals surface area contributed by atoms with E-state index < -0.39 is 23.2 Å². The number of hydrogen-bond donors (Lipinski definition) is 4. The molecule has 2 aromatic carbocycles. The molecular weight excluding hydrogens is 412 g/mol. The molecule has 0 unspecified atom stereocenters. The average molecular weight is 434 g/mol. The second-order valence-corrected chi connectivity index (χ2v) is 7.60. The second-order valence-electron chi connectivity index (χ2n) is 7.60. The van der Waals surface area contributed by atoms with Crippen molar-refractivity contribution in [2.24, 2.45) is 0 Å². The molecule has 0 spiro atoms. The van der Waals surface area contributed by atoms with Crippen molar-refractivity contribution < 1.29 is 14.6 Å². The second kappa shape index (κ2) is 7.61. The van der Waals surface area contributed by atoms with Crippen molar-refractivity contribution >= 4 is 10.9 Å². The van der Waals surface area contributed by atoms with Gasteiger partial charge >= 0.3 is 5.69 Å². The Balaban J connectivity index is 1.69. The summed E-state index contributed by atoms with van der Waals surface area (Å²) in [5, 5.41) is 15.4. The lowest BCUT2D eigenvalue weighted by atomic mass is 9.95. The fourth-order valence-corrected chi connectivity index (χ4v) is 4.35. The van der Waals surface area contributed by atoms with Crippen LogP contribution in [0.5, 0.6) is 17.4 Å². The molecule has 9 nitrogen and oxygen atoms in total. The van der Waals surface area contributed by atoms with Crippen LogP contribution >= 0.6 is 0 Å². The molecule has 0 aliphatic carbocycles. The number of nitrogens with one attached hydrogen (secondary N) is 3. The Labute approximate surface area is 182 Å². The predicted molar refractivity (Wildman–Crippen MR) is 119 cm³/mol. The summed E-state index contributed by atoms with van der Waals surface area (Å²) in [6.07, 6.45) is 0.746. The summed E-state index contributed by atoms with van der Waals surface area (Å²) in [5.74, 6) is 0.937. The molecule has 164 valence electrons. The Morgan fingerprint density at radius 3 is 2.44 bits per heavy atom. The van der Waals surface area contributed by atoms with Gasteiger partial charge in [-0.05, 0) is 54.4 Å². The molecule has 2 aromatic heterocycles. The number of fused-ring (bicyclic) bond motifs is 3. The maximum Gasteiger partial charge on any atom is 0.335 e. The Hall–Kier alpha value is -3.98. The first-order valence-corrected chi connectivity index (χ1v) is 10.2. The molecule has 4 N–H and O–H groups in total. The van der Waals surface area contributed by atoms with Crippen molar-refractivity contribution in [3.63, 3.8) is 0 Å². The van der Waals surface area contributed by atoms with Crippen molar-refractivity contribution in [1.82, 2.24) is 19.9 Å². The Morgan fingerprint density at radius 2 is 1.72 bits per heavy atom. The van der Waals surface area contributed by atoms with E-state index in [1.165, 1.54) is 0 Å². The van der Waals surface area contributed by atoms with Crippen LogP contribution in [0.4, 0.5) is 0 Å². The number of aromatic hydroxyl groups is 1. The van der Waals surface area contributed by atoms with Gasteiger partial charge in [0.1, 0.15) is 17.1 Å². The normalized spacial score (nSPS) is 15.5. The number of benzene rings is 2. The van der Waals surface area contributed by atoms with E-state index >= 15 is 0 Å². The van der Waals surface area contributed by atoms with E-state index in [2.05, 4.69) is 15.3 Å². The number of H-pyrrole nitrogens is 2. The highest BCUT2D eigenvalue weighted by Crippen LogP contribution is 2.36. The monoisotopic (exact) mass is 434 g/mol. The lowest BCUT2D eigenvalue weighted by Crippen LogP contribution is -2.38. The van der Waals surface area contributed by atoms with Crippen LogP contribution in [0.25, 0.3) is 16.6 Å². The zero-order valence-corrected chi connectivity index (χ0v) is 17.6. The molecule has 9 heteroatoms. The van der Waals surface area contributed by atoms with Gasteiger partial charge in [0.05, 0.1) is 25.9 Å². The highest BCUT2D eigenvalue weighted by Gasteiger charge is 2.31. The summed E-state index contributed by atoms with van der Waals surface area (Å²) in [5.41, 5.74) is 1.84. The van der Waals surface area contributed by atoms with E-state index in [1.54, 1.807) is 38.5 Å². The maximum atomic E-state index is 12.8. The molecule has 1 aliphatic heterocycles. The summed E-state index contributed by atoms with van der Waals surface area (Å²) in [7, 11) is 3.16. The molecule has 0 saturated carbocycles. The van der Waals surface area contributed by atoms with E-state index in [0.717, 1.165) is 38.9 Å². The molecule has 1 aliphatic rings. The first-order chi connectivity index (χ1) is 15.5. The first-order valence-electron chi connectivity index (χ1n) is 10.2. The van der Waals surface area contributed by atoms with E-state index in [1.807, 2.05) is 18.2 Å². The van der Waals surface area contributed by atoms with Gasteiger partial charge < -0.3 is 24.9 Å². The largest absolute Gasteiger partial charge is 0.497 e. The molecule has 0 amide bonds. The molecule has 5 rings (SSSR count). The standard InChI is InChI=1S/C23H22N4O5/c1-31-13-5-3-12(4-6-13)27-22(29)18(21(28)26-23(27)30)20-19-15(9-10-24-20)16-11-14(32-2)7-8-17(16)25-19/h3-8,11,20,24-25,29H,9-10H2,1-2H3,(H,26,28,30)/t20-/m1/s1. The van der Waals surface area contributed by atoms with Crippen molar-refractivity contribution in [2.75, 3.05) is 20.8 Å². The molecule has 32 heavy (non-hydrogen) atoms. The zero-order chi connectivity index (χ0) is 22.4. The van der Waals surface area contributed by atoms with Gasteiger partial charge in [-0.1, -0.05) is 0 Å². The Bertz CT molecular complexity index is 1430. The van der Waals surface area contributed by atoms with E-state index in [9.17, 15) is 14.7 Å². The smallest absolute Gasteiger partial charge is 0.335 e. The molecule has 1 atom stereocenters.